The van der Waals surface area contributed by atoms with Crippen LogP contribution >= 0.6 is 11.6 Å². The number of benzene rings is 2. The van der Waals surface area contributed by atoms with E-state index in [1.54, 1.807) is 6.07 Å². The number of aromatic nitrogens is 4. The number of rotatable bonds is 4. The summed E-state index contributed by atoms with van der Waals surface area (Å²) in [7, 11) is 0. The SMILES string of the molecule is O=c1cc(-c2ccccc2)nc2nc(NCc3c(F)cccc3Cl)[nH]n12. The Bertz CT molecular complexity index is 1120. The second kappa shape index (κ2) is 6.61. The van der Waals surface area contributed by atoms with Crippen molar-refractivity contribution in [1.82, 2.24) is 19.6 Å². The third-order valence-corrected chi connectivity index (χ3v) is 4.25. The first-order valence-electron chi connectivity index (χ1n) is 7.84. The average molecular weight is 370 g/mol. The van der Waals surface area contributed by atoms with Gasteiger partial charge < -0.3 is 5.32 Å². The number of hydrogen-bond acceptors (Lipinski definition) is 4. The van der Waals surface area contributed by atoms with Crippen LogP contribution in [0.5, 0.6) is 0 Å². The van der Waals surface area contributed by atoms with Gasteiger partial charge in [-0.3, -0.25) is 9.89 Å². The quantitative estimate of drug-likeness (QED) is 0.577. The molecule has 4 aromatic rings. The smallest absolute Gasteiger partial charge is 0.274 e. The van der Waals surface area contributed by atoms with Gasteiger partial charge in [0.1, 0.15) is 5.82 Å². The first-order valence-corrected chi connectivity index (χ1v) is 8.21. The van der Waals surface area contributed by atoms with E-state index in [-0.39, 0.29) is 17.9 Å². The molecule has 2 aromatic carbocycles. The summed E-state index contributed by atoms with van der Waals surface area (Å²) in [6.07, 6.45) is 0. The Morgan fingerprint density at radius 2 is 1.92 bits per heavy atom. The van der Waals surface area contributed by atoms with Gasteiger partial charge in [0.05, 0.1) is 5.69 Å². The molecule has 4 rings (SSSR count). The highest BCUT2D eigenvalue weighted by Crippen LogP contribution is 2.20. The lowest BCUT2D eigenvalue weighted by atomic mass is 10.1. The molecular formula is C18H13ClFN5O. The fourth-order valence-corrected chi connectivity index (χ4v) is 2.82. The summed E-state index contributed by atoms with van der Waals surface area (Å²) in [5.74, 6) is 0.0976. The molecule has 0 unspecified atom stereocenters. The summed E-state index contributed by atoms with van der Waals surface area (Å²) < 4.78 is 15.1. The van der Waals surface area contributed by atoms with Crippen LogP contribution in [0.4, 0.5) is 10.3 Å². The Morgan fingerprint density at radius 3 is 2.69 bits per heavy atom. The highest BCUT2D eigenvalue weighted by molar-refractivity contribution is 6.31. The number of anilines is 1. The summed E-state index contributed by atoms with van der Waals surface area (Å²) in [6, 6.07) is 15.3. The van der Waals surface area contributed by atoms with Gasteiger partial charge in [0.15, 0.2) is 0 Å². The van der Waals surface area contributed by atoms with E-state index in [1.165, 1.54) is 22.7 Å². The molecule has 0 aliphatic heterocycles. The molecule has 0 bridgehead atoms. The maximum Gasteiger partial charge on any atom is 0.274 e. The number of fused-ring (bicyclic) bond motifs is 1. The van der Waals surface area contributed by atoms with E-state index >= 15 is 0 Å². The van der Waals surface area contributed by atoms with E-state index in [0.29, 0.717) is 22.2 Å². The highest BCUT2D eigenvalue weighted by Gasteiger charge is 2.11. The van der Waals surface area contributed by atoms with Crippen LogP contribution in [-0.2, 0) is 6.54 Å². The van der Waals surface area contributed by atoms with E-state index in [2.05, 4.69) is 20.4 Å². The third kappa shape index (κ3) is 3.04. The lowest BCUT2D eigenvalue weighted by Crippen LogP contribution is -2.14. The van der Waals surface area contributed by atoms with Crippen molar-refractivity contribution >= 4 is 23.3 Å². The van der Waals surface area contributed by atoms with Crippen LogP contribution in [0.15, 0.2) is 59.4 Å². The highest BCUT2D eigenvalue weighted by atomic mass is 35.5. The molecular weight excluding hydrogens is 357 g/mol. The zero-order valence-electron chi connectivity index (χ0n) is 13.4. The van der Waals surface area contributed by atoms with Crippen molar-refractivity contribution < 1.29 is 4.39 Å². The molecule has 0 saturated heterocycles. The maximum absolute atomic E-state index is 13.8. The molecule has 0 amide bonds. The Hall–Kier alpha value is -3.19. The average Bonchev–Trinajstić information content (AvgIpc) is 3.06. The summed E-state index contributed by atoms with van der Waals surface area (Å²) in [5.41, 5.74) is 1.38. The largest absolute Gasteiger partial charge is 0.350 e. The standard InChI is InChI=1S/C18H13ClFN5O/c19-13-7-4-8-14(20)12(13)10-21-17-23-18-22-15(9-16(26)25(18)24-17)11-5-2-1-3-6-11/h1-9H,10H2,(H2,21,22,23,24). The molecule has 2 N–H and O–H groups in total. The first kappa shape index (κ1) is 16.3. The van der Waals surface area contributed by atoms with Gasteiger partial charge in [0, 0.05) is 28.8 Å². The monoisotopic (exact) mass is 369 g/mol. The lowest BCUT2D eigenvalue weighted by Gasteiger charge is -2.06. The van der Waals surface area contributed by atoms with Crippen molar-refractivity contribution in [2.75, 3.05) is 5.32 Å². The first-order chi connectivity index (χ1) is 12.6. The Kier molecular flexibility index (Phi) is 4.14. The van der Waals surface area contributed by atoms with Gasteiger partial charge in [-0.1, -0.05) is 48.0 Å². The summed E-state index contributed by atoms with van der Waals surface area (Å²) in [6.45, 7) is 0.117. The number of nitrogens with zero attached hydrogens (tertiary/aromatic N) is 3. The van der Waals surface area contributed by atoms with E-state index < -0.39 is 5.82 Å². The molecule has 0 aliphatic rings. The zero-order chi connectivity index (χ0) is 18.1. The van der Waals surface area contributed by atoms with Crippen molar-refractivity contribution in [3.63, 3.8) is 0 Å². The van der Waals surface area contributed by atoms with Crippen LogP contribution in [0.1, 0.15) is 5.56 Å². The Balaban J connectivity index is 1.66. The molecule has 0 atom stereocenters. The fraction of sp³-hybridized carbons (Fsp3) is 0.0556. The minimum absolute atomic E-state index is 0.117. The van der Waals surface area contributed by atoms with Gasteiger partial charge >= 0.3 is 0 Å². The van der Waals surface area contributed by atoms with Gasteiger partial charge in [0.2, 0.25) is 5.95 Å². The third-order valence-electron chi connectivity index (χ3n) is 3.89. The fourth-order valence-electron chi connectivity index (χ4n) is 2.59. The van der Waals surface area contributed by atoms with E-state index in [1.807, 2.05) is 30.3 Å². The molecule has 8 heteroatoms. The van der Waals surface area contributed by atoms with Crippen molar-refractivity contribution in [3.8, 4) is 11.3 Å². The minimum atomic E-state index is -0.414. The minimum Gasteiger partial charge on any atom is -0.350 e. The van der Waals surface area contributed by atoms with Gasteiger partial charge in [0.25, 0.3) is 11.3 Å². The lowest BCUT2D eigenvalue weighted by molar-refractivity contribution is 0.613. The summed E-state index contributed by atoms with van der Waals surface area (Å²) in [4.78, 5) is 21.0. The number of H-pyrrole nitrogens is 1. The van der Waals surface area contributed by atoms with Gasteiger partial charge in [-0.2, -0.15) is 9.50 Å². The van der Waals surface area contributed by atoms with Crippen LogP contribution < -0.4 is 10.9 Å². The van der Waals surface area contributed by atoms with Crippen molar-refractivity contribution in [3.05, 3.63) is 81.4 Å². The van der Waals surface area contributed by atoms with Crippen LogP contribution in [0.3, 0.4) is 0 Å². The molecule has 26 heavy (non-hydrogen) atoms. The van der Waals surface area contributed by atoms with E-state index in [9.17, 15) is 9.18 Å². The van der Waals surface area contributed by atoms with E-state index in [0.717, 1.165) is 5.56 Å². The second-order valence-corrected chi connectivity index (χ2v) is 6.01. The number of hydrogen-bond donors (Lipinski definition) is 2. The molecule has 130 valence electrons. The zero-order valence-corrected chi connectivity index (χ0v) is 14.2. The molecule has 0 fully saturated rings. The Morgan fingerprint density at radius 1 is 1.12 bits per heavy atom. The van der Waals surface area contributed by atoms with Gasteiger partial charge in [-0.25, -0.2) is 9.37 Å². The van der Waals surface area contributed by atoms with Crippen LogP contribution in [0.25, 0.3) is 17.0 Å². The molecule has 2 heterocycles. The summed E-state index contributed by atoms with van der Waals surface area (Å²) in [5, 5.41) is 6.05. The Labute approximate surface area is 152 Å². The summed E-state index contributed by atoms with van der Waals surface area (Å²) >= 11 is 6.01. The number of halogens is 2. The number of nitrogens with one attached hydrogen (secondary N) is 2. The molecule has 0 spiro atoms. The topological polar surface area (TPSA) is 75.1 Å². The molecule has 0 aliphatic carbocycles. The maximum atomic E-state index is 13.8. The van der Waals surface area contributed by atoms with Crippen LogP contribution in [0, 0.1) is 5.82 Å². The van der Waals surface area contributed by atoms with Crippen molar-refractivity contribution in [1.29, 1.82) is 0 Å². The van der Waals surface area contributed by atoms with Crippen LogP contribution in [0.2, 0.25) is 5.02 Å². The molecule has 2 aromatic heterocycles. The molecule has 6 nitrogen and oxygen atoms in total. The molecule has 0 radical (unpaired) electrons. The second-order valence-electron chi connectivity index (χ2n) is 5.61. The van der Waals surface area contributed by atoms with Gasteiger partial charge in [-0.05, 0) is 12.1 Å². The van der Waals surface area contributed by atoms with Crippen LogP contribution in [-0.4, -0.2) is 19.6 Å². The van der Waals surface area contributed by atoms with E-state index in [4.69, 9.17) is 11.6 Å². The van der Waals surface area contributed by atoms with Gasteiger partial charge in [-0.15, -0.1) is 0 Å². The predicted octanol–water partition coefficient (Wildman–Crippen LogP) is 3.49. The van der Waals surface area contributed by atoms with Crippen molar-refractivity contribution in [2.24, 2.45) is 0 Å². The van der Waals surface area contributed by atoms with Crippen molar-refractivity contribution in [2.45, 2.75) is 6.54 Å². The predicted molar refractivity (Wildman–Crippen MR) is 97.8 cm³/mol. The normalized spacial score (nSPS) is 11.0. The molecule has 0 saturated carbocycles. The number of aromatic amines is 1.